The number of rotatable bonds is 3. The van der Waals surface area contributed by atoms with Gasteiger partial charge in [-0.15, -0.1) is 0 Å². The smallest absolute Gasteiger partial charge is 0.249 e. The SMILES string of the molecule is CC(C(=O)Nc1ccc(Br)cc1F)n1cncn1. The zero-order valence-electron chi connectivity index (χ0n) is 9.47. The van der Waals surface area contributed by atoms with Gasteiger partial charge in [0.15, 0.2) is 0 Å². The van der Waals surface area contributed by atoms with E-state index in [1.165, 1.54) is 29.5 Å². The van der Waals surface area contributed by atoms with Gasteiger partial charge in [0.1, 0.15) is 24.5 Å². The Balaban J connectivity index is 2.12. The van der Waals surface area contributed by atoms with Crippen LogP contribution in [0.5, 0.6) is 0 Å². The van der Waals surface area contributed by atoms with E-state index >= 15 is 0 Å². The Morgan fingerprint density at radius 3 is 2.94 bits per heavy atom. The molecule has 1 heterocycles. The molecule has 0 aliphatic rings. The summed E-state index contributed by atoms with van der Waals surface area (Å²) in [6.45, 7) is 1.65. The summed E-state index contributed by atoms with van der Waals surface area (Å²) in [6.07, 6.45) is 2.77. The van der Waals surface area contributed by atoms with Crippen molar-refractivity contribution < 1.29 is 9.18 Å². The van der Waals surface area contributed by atoms with E-state index in [0.717, 1.165) is 0 Å². The van der Waals surface area contributed by atoms with Crippen molar-refractivity contribution in [1.29, 1.82) is 0 Å². The number of anilines is 1. The molecular formula is C11H10BrFN4O. The highest BCUT2D eigenvalue weighted by atomic mass is 79.9. The number of halogens is 2. The molecule has 1 aromatic heterocycles. The molecule has 7 heteroatoms. The summed E-state index contributed by atoms with van der Waals surface area (Å²) in [6, 6.07) is 3.87. The van der Waals surface area contributed by atoms with Gasteiger partial charge in [-0.3, -0.25) is 4.79 Å². The molecule has 0 saturated heterocycles. The summed E-state index contributed by atoms with van der Waals surface area (Å²) in [4.78, 5) is 15.6. The first-order chi connectivity index (χ1) is 8.58. The molecule has 1 atom stereocenters. The Labute approximate surface area is 111 Å². The zero-order chi connectivity index (χ0) is 13.1. The quantitative estimate of drug-likeness (QED) is 0.946. The van der Waals surface area contributed by atoms with Crippen LogP contribution in [0.4, 0.5) is 10.1 Å². The minimum absolute atomic E-state index is 0.134. The number of nitrogens with one attached hydrogen (secondary N) is 1. The van der Waals surface area contributed by atoms with Crippen LogP contribution in [0.25, 0.3) is 0 Å². The van der Waals surface area contributed by atoms with Gasteiger partial charge < -0.3 is 5.32 Å². The monoisotopic (exact) mass is 312 g/mol. The van der Waals surface area contributed by atoms with Crippen LogP contribution in [0.3, 0.4) is 0 Å². The maximum absolute atomic E-state index is 13.5. The molecule has 0 fully saturated rings. The molecule has 94 valence electrons. The summed E-state index contributed by atoms with van der Waals surface area (Å²) in [5.74, 6) is -0.856. The third kappa shape index (κ3) is 2.73. The minimum Gasteiger partial charge on any atom is -0.322 e. The predicted molar refractivity (Wildman–Crippen MR) is 67.5 cm³/mol. The van der Waals surface area contributed by atoms with Crippen LogP contribution < -0.4 is 5.32 Å². The second-order valence-corrected chi connectivity index (χ2v) is 4.58. The summed E-state index contributed by atoms with van der Waals surface area (Å²) >= 11 is 3.15. The summed E-state index contributed by atoms with van der Waals surface area (Å²) in [5.41, 5.74) is 0.134. The average Bonchev–Trinajstić information content (AvgIpc) is 2.85. The van der Waals surface area contributed by atoms with Gasteiger partial charge in [0.2, 0.25) is 5.91 Å². The second-order valence-electron chi connectivity index (χ2n) is 3.66. The maximum Gasteiger partial charge on any atom is 0.249 e. The van der Waals surface area contributed by atoms with Crippen molar-refractivity contribution in [3.8, 4) is 0 Å². The molecule has 1 unspecified atom stereocenters. The van der Waals surface area contributed by atoms with Crippen LogP contribution in [0.1, 0.15) is 13.0 Å². The number of aromatic nitrogens is 3. The lowest BCUT2D eigenvalue weighted by atomic mass is 10.2. The third-order valence-electron chi connectivity index (χ3n) is 2.40. The fourth-order valence-corrected chi connectivity index (χ4v) is 1.70. The number of hydrogen-bond acceptors (Lipinski definition) is 3. The Morgan fingerprint density at radius 1 is 1.56 bits per heavy atom. The molecule has 0 bridgehead atoms. The number of hydrogen-bond donors (Lipinski definition) is 1. The lowest BCUT2D eigenvalue weighted by molar-refractivity contribution is -0.119. The fraction of sp³-hybridized carbons (Fsp3) is 0.182. The van der Waals surface area contributed by atoms with Gasteiger partial charge in [-0.05, 0) is 25.1 Å². The van der Waals surface area contributed by atoms with Crippen LogP contribution in [0, 0.1) is 5.82 Å². The topological polar surface area (TPSA) is 59.8 Å². The number of amides is 1. The Morgan fingerprint density at radius 2 is 2.33 bits per heavy atom. The molecule has 1 N–H and O–H groups in total. The average molecular weight is 313 g/mol. The van der Waals surface area contributed by atoms with Crippen LogP contribution in [-0.2, 0) is 4.79 Å². The first-order valence-corrected chi connectivity index (χ1v) is 5.97. The lowest BCUT2D eigenvalue weighted by Gasteiger charge is -2.12. The van der Waals surface area contributed by atoms with Crippen molar-refractivity contribution in [2.75, 3.05) is 5.32 Å². The van der Waals surface area contributed by atoms with Crippen molar-refractivity contribution in [1.82, 2.24) is 14.8 Å². The molecule has 5 nitrogen and oxygen atoms in total. The molecule has 1 amide bonds. The molecule has 2 aromatic rings. The first kappa shape index (κ1) is 12.7. The third-order valence-corrected chi connectivity index (χ3v) is 2.90. The van der Waals surface area contributed by atoms with E-state index in [1.807, 2.05) is 0 Å². The fourth-order valence-electron chi connectivity index (χ4n) is 1.37. The van der Waals surface area contributed by atoms with Gasteiger partial charge >= 0.3 is 0 Å². The van der Waals surface area contributed by atoms with E-state index in [1.54, 1.807) is 13.0 Å². The Bertz CT molecular complexity index is 558. The van der Waals surface area contributed by atoms with Crippen molar-refractivity contribution in [3.05, 3.63) is 41.1 Å². The van der Waals surface area contributed by atoms with Gasteiger partial charge in [0.05, 0.1) is 5.69 Å². The van der Waals surface area contributed by atoms with E-state index in [-0.39, 0.29) is 11.6 Å². The zero-order valence-corrected chi connectivity index (χ0v) is 11.1. The molecule has 0 spiro atoms. The molecular weight excluding hydrogens is 303 g/mol. The molecule has 0 aliphatic heterocycles. The molecule has 0 radical (unpaired) electrons. The van der Waals surface area contributed by atoms with E-state index in [2.05, 4.69) is 31.3 Å². The van der Waals surface area contributed by atoms with E-state index in [4.69, 9.17) is 0 Å². The van der Waals surface area contributed by atoms with Crippen molar-refractivity contribution in [3.63, 3.8) is 0 Å². The molecule has 18 heavy (non-hydrogen) atoms. The summed E-state index contributed by atoms with van der Waals surface area (Å²) in [7, 11) is 0. The highest BCUT2D eigenvalue weighted by Crippen LogP contribution is 2.20. The van der Waals surface area contributed by atoms with E-state index < -0.39 is 11.9 Å². The van der Waals surface area contributed by atoms with Crippen LogP contribution in [0.2, 0.25) is 0 Å². The maximum atomic E-state index is 13.5. The summed E-state index contributed by atoms with van der Waals surface area (Å²) in [5, 5.41) is 6.36. The minimum atomic E-state index is -0.560. The number of nitrogens with zero attached hydrogens (tertiary/aromatic N) is 3. The Hall–Kier alpha value is -1.76. The lowest BCUT2D eigenvalue weighted by Crippen LogP contribution is -2.24. The standard InChI is InChI=1S/C11H10BrFN4O/c1-7(17-6-14-5-15-17)11(18)16-10-3-2-8(12)4-9(10)13/h2-7H,1H3,(H,16,18). The van der Waals surface area contributed by atoms with Gasteiger partial charge in [0, 0.05) is 4.47 Å². The van der Waals surface area contributed by atoms with Crippen molar-refractivity contribution in [2.45, 2.75) is 13.0 Å². The van der Waals surface area contributed by atoms with Gasteiger partial charge in [-0.1, -0.05) is 15.9 Å². The van der Waals surface area contributed by atoms with Crippen LogP contribution >= 0.6 is 15.9 Å². The highest BCUT2D eigenvalue weighted by molar-refractivity contribution is 9.10. The highest BCUT2D eigenvalue weighted by Gasteiger charge is 2.16. The van der Waals surface area contributed by atoms with Gasteiger partial charge in [-0.2, -0.15) is 5.10 Å². The van der Waals surface area contributed by atoms with Crippen molar-refractivity contribution >= 4 is 27.5 Å². The predicted octanol–water partition coefficient (Wildman–Crippen LogP) is 2.38. The van der Waals surface area contributed by atoms with Crippen molar-refractivity contribution in [2.24, 2.45) is 0 Å². The van der Waals surface area contributed by atoms with Crippen LogP contribution in [-0.4, -0.2) is 20.7 Å². The van der Waals surface area contributed by atoms with Crippen LogP contribution in [0.15, 0.2) is 35.3 Å². The van der Waals surface area contributed by atoms with Gasteiger partial charge in [0.25, 0.3) is 0 Å². The number of carbonyl (C=O) groups excluding carboxylic acids is 1. The Kier molecular flexibility index (Phi) is 3.71. The largest absolute Gasteiger partial charge is 0.322 e. The van der Waals surface area contributed by atoms with E-state index in [9.17, 15) is 9.18 Å². The second kappa shape index (κ2) is 5.26. The first-order valence-electron chi connectivity index (χ1n) is 5.18. The normalized spacial score (nSPS) is 12.2. The molecule has 0 saturated carbocycles. The molecule has 1 aromatic carbocycles. The van der Waals surface area contributed by atoms with E-state index in [0.29, 0.717) is 4.47 Å². The number of carbonyl (C=O) groups is 1. The number of benzene rings is 1. The summed E-state index contributed by atoms with van der Waals surface area (Å²) < 4.78 is 15.5. The van der Waals surface area contributed by atoms with Gasteiger partial charge in [-0.25, -0.2) is 14.1 Å². The molecule has 2 rings (SSSR count). The molecule has 0 aliphatic carbocycles.